The topological polar surface area (TPSA) is 46.9 Å². The molecule has 0 bridgehead atoms. The highest BCUT2D eigenvalue weighted by Crippen LogP contribution is 2.25. The number of nitrogens with zero attached hydrogens (tertiary/aromatic N) is 2. The monoisotopic (exact) mass is 307 g/mol. The van der Waals surface area contributed by atoms with Crippen molar-refractivity contribution in [3.05, 3.63) is 59.4 Å². The summed E-state index contributed by atoms with van der Waals surface area (Å²) in [6, 6.07) is 14.0. The third-order valence-corrected chi connectivity index (χ3v) is 4.09. The molecular weight excluding hydrogens is 286 g/mol. The fourth-order valence-corrected chi connectivity index (χ4v) is 2.95. The van der Waals surface area contributed by atoms with Gasteiger partial charge in [-0.3, -0.25) is 9.48 Å². The second-order valence-electron chi connectivity index (χ2n) is 6.06. The summed E-state index contributed by atoms with van der Waals surface area (Å²) in [7, 11) is 0. The maximum Gasteiger partial charge on any atom is 0.256 e. The summed E-state index contributed by atoms with van der Waals surface area (Å²) in [6.07, 6.45) is 0. The Balaban J connectivity index is 1.99. The van der Waals surface area contributed by atoms with Crippen molar-refractivity contribution in [3.63, 3.8) is 0 Å². The summed E-state index contributed by atoms with van der Waals surface area (Å²) in [5, 5.41) is 9.58. The molecule has 0 spiro atoms. The van der Waals surface area contributed by atoms with E-state index in [-0.39, 0.29) is 11.9 Å². The van der Waals surface area contributed by atoms with Gasteiger partial charge in [0.05, 0.1) is 17.1 Å². The van der Waals surface area contributed by atoms with Crippen LogP contribution in [0.4, 0.5) is 5.69 Å². The molecule has 1 aromatic heterocycles. The number of carbonyl (C=O) groups excluding carboxylic acids is 1. The summed E-state index contributed by atoms with van der Waals surface area (Å²) >= 11 is 0. The molecule has 4 heteroatoms. The molecule has 0 atom stereocenters. The van der Waals surface area contributed by atoms with Gasteiger partial charge < -0.3 is 5.32 Å². The molecule has 0 aliphatic rings. The second kappa shape index (κ2) is 5.88. The molecule has 0 saturated carbocycles. The zero-order valence-corrected chi connectivity index (χ0v) is 13.9. The first-order valence-electron chi connectivity index (χ1n) is 7.84. The molecule has 0 unspecified atom stereocenters. The van der Waals surface area contributed by atoms with Gasteiger partial charge in [-0.05, 0) is 44.5 Å². The van der Waals surface area contributed by atoms with Gasteiger partial charge in [-0.1, -0.05) is 36.4 Å². The van der Waals surface area contributed by atoms with E-state index in [0.29, 0.717) is 5.56 Å². The van der Waals surface area contributed by atoms with Crippen LogP contribution in [-0.4, -0.2) is 15.7 Å². The first-order chi connectivity index (χ1) is 11.0. The van der Waals surface area contributed by atoms with E-state index < -0.39 is 0 Å². The van der Waals surface area contributed by atoms with Crippen molar-refractivity contribution < 1.29 is 4.79 Å². The second-order valence-corrected chi connectivity index (χ2v) is 6.06. The molecule has 0 radical (unpaired) electrons. The maximum absolute atomic E-state index is 12.8. The number of benzene rings is 2. The Hall–Kier alpha value is -2.62. The van der Waals surface area contributed by atoms with Gasteiger partial charge in [-0.2, -0.15) is 5.10 Å². The van der Waals surface area contributed by atoms with Crippen LogP contribution in [0.5, 0.6) is 0 Å². The zero-order chi connectivity index (χ0) is 16.6. The van der Waals surface area contributed by atoms with Crippen LogP contribution in [0.15, 0.2) is 42.5 Å². The van der Waals surface area contributed by atoms with Crippen molar-refractivity contribution in [1.29, 1.82) is 0 Å². The van der Waals surface area contributed by atoms with Crippen molar-refractivity contribution in [3.8, 4) is 0 Å². The lowest BCUT2D eigenvalue weighted by Gasteiger charge is -2.10. The number of hydrogen-bond acceptors (Lipinski definition) is 2. The quantitative estimate of drug-likeness (QED) is 0.775. The van der Waals surface area contributed by atoms with Crippen LogP contribution in [-0.2, 0) is 0 Å². The third kappa shape index (κ3) is 2.72. The molecule has 118 valence electrons. The van der Waals surface area contributed by atoms with Crippen LogP contribution in [0, 0.1) is 13.8 Å². The van der Waals surface area contributed by atoms with E-state index in [1.807, 2.05) is 61.0 Å². The van der Waals surface area contributed by atoms with Crippen molar-refractivity contribution in [1.82, 2.24) is 9.78 Å². The first kappa shape index (κ1) is 15.3. The predicted octanol–water partition coefficient (Wildman–Crippen LogP) is 4.49. The van der Waals surface area contributed by atoms with Crippen LogP contribution < -0.4 is 5.32 Å². The molecule has 2 aromatic carbocycles. The largest absolute Gasteiger partial charge is 0.319 e. The summed E-state index contributed by atoms with van der Waals surface area (Å²) in [6.45, 7) is 8.06. The minimum absolute atomic E-state index is 0.101. The number of aryl methyl sites for hydroxylation is 1. The molecule has 0 saturated heterocycles. The number of rotatable bonds is 3. The Kier molecular flexibility index (Phi) is 3.90. The van der Waals surface area contributed by atoms with E-state index in [9.17, 15) is 4.79 Å². The molecule has 3 rings (SSSR count). The Morgan fingerprint density at radius 1 is 1.09 bits per heavy atom. The van der Waals surface area contributed by atoms with Gasteiger partial charge in [0.2, 0.25) is 0 Å². The van der Waals surface area contributed by atoms with Gasteiger partial charge in [0.25, 0.3) is 5.91 Å². The summed E-state index contributed by atoms with van der Waals surface area (Å²) in [4.78, 5) is 12.8. The number of anilines is 1. The molecule has 0 aliphatic heterocycles. The van der Waals surface area contributed by atoms with Crippen LogP contribution in [0.1, 0.15) is 41.6 Å². The van der Waals surface area contributed by atoms with Crippen LogP contribution >= 0.6 is 0 Å². The van der Waals surface area contributed by atoms with E-state index >= 15 is 0 Å². The first-order valence-corrected chi connectivity index (χ1v) is 7.84. The van der Waals surface area contributed by atoms with E-state index in [4.69, 9.17) is 0 Å². The van der Waals surface area contributed by atoms with E-state index in [1.165, 1.54) is 0 Å². The van der Waals surface area contributed by atoms with Gasteiger partial charge >= 0.3 is 0 Å². The van der Waals surface area contributed by atoms with Crippen molar-refractivity contribution in [2.24, 2.45) is 0 Å². The lowest BCUT2D eigenvalue weighted by atomic mass is 10.0. The van der Waals surface area contributed by atoms with E-state index in [2.05, 4.69) is 24.3 Å². The smallest absolute Gasteiger partial charge is 0.256 e. The molecule has 1 heterocycles. The fraction of sp³-hybridized carbons (Fsp3) is 0.263. The van der Waals surface area contributed by atoms with Crippen LogP contribution in [0.25, 0.3) is 10.8 Å². The predicted molar refractivity (Wildman–Crippen MR) is 94.0 cm³/mol. The molecule has 23 heavy (non-hydrogen) atoms. The summed E-state index contributed by atoms with van der Waals surface area (Å²) in [5.41, 5.74) is 3.30. The van der Waals surface area contributed by atoms with Gasteiger partial charge in [-0.25, -0.2) is 0 Å². The Labute approximate surface area is 136 Å². The summed E-state index contributed by atoms with van der Waals surface area (Å²) in [5.74, 6) is -0.101. The van der Waals surface area contributed by atoms with Crippen molar-refractivity contribution in [2.75, 3.05) is 5.32 Å². The van der Waals surface area contributed by atoms with E-state index in [0.717, 1.165) is 27.8 Å². The zero-order valence-electron chi connectivity index (χ0n) is 13.9. The molecule has 0 fully saturated rings. The normalized spacial score (nSPS) is 11.2. The van der Waals surface area contributed by atoms with Crippen LogP contribution in [0.3, 0.4) is 0 Å². The highest BCUT2D eigenvalue weighted by Gasteiger charge is 2.17. The average molecular weight is 307 g/mol. The highest BCUT2D eigenvalue weighted by atomic mass is 16.1. The molecule has 1 N–H and O–H groups in total. The maximum atomic E-state index is 12.8. The number of amides is 1. The average Bonchev–Trinajstić information content (AvgIpc) is 2.82. The van der Waals surface area contributed by atoms with E-state index in [1.54, 1.807) is 0 Å². The Bertz CT molecular complexity index is 872. The van der Waals surface area contributed by atoms with Gasteiger partial charge in [0.1, 0.15) is 0 Å². The molecule has 3 aromatic rings. The molecule has 1 amide bonds. The van der Waals surface area contributed by atoms with Crippen molar-refractivity contribution in [2.45, 2.75) is 33.7 Å². The van der Waals surface area contributed by atoms with Gasteiger partial charge in [0, 0.05) is 11.6 Å². The lowest BCUT2D eigenvalue weighted by Crippen LogP contribution is -2.14. The minimum atomic E-state index is -0.101. The number of nitrogens with one attached hydrogen (secondary N) is 1. The lowest BCUT2D eigenvalue weighted by molar-refractivity contribution is 0.102. The highest BCUT2D eigenvalue weighted by molar-refractivity contribution is 6.13. The minimum Gasteiger partial charge on any atom is -0.319 e. The summed E-state index contributed by atoms with van der Waals surface area (Å²) < 4.78 is 1.94. The third-order valence-electron chi connectivity index (χ3n) is 4.09. The molecule has 0 aliphatic carbocycles. The standard InChI is InChI=1S/C19H21N3O/c1-12(2)22-14(4)18(13(3)21-22)20-19(23)17-11-7-9-15-8-5-6-10-16(15)17/h5-12H,1-4H3,(H,20,23). The molecular formula is C19H21N3O. The SMILES string of the molecule is Cc1nn(C(C)C)c(C)c1NC(=O)c1cccc2ccccc12. The fourth-order valence-electron chi connectivity index (χ4n) is 2.95. The Morgan fingerprint density at radius 3 is 2.48 bits per heavy atom. The van der Waals surface area contributed by atoms with Gasteiger partial charge in [-0.15, -0.1) is 0 Å². The number of fused-ring (bicyclic) bond motifs is 1. The Morgan fingerprint density at radius 2 is 1.78 bits per heavy atom. The van der Waals surface area contributed by atoms with Crippen LogP contribution in [0.2, 0.25) is 0 Å². The van der Waals surface area contributed by atoms with Gasteiger partial charge in [0.15, 0.2) is 0 Å². The number of hydrogen-bond donors (Lipinski definition) is 1. The van der Waals surface area contributed by atoms with Crippen molar-refractivity contribution >= 4 is 22.4 Å². The number of carbonyl (C=O) groups is 1. The number of aromatic nitrogens is 2. The molecule has 4 nitrogen and oxygen atoms in total.